The lowest BCUT2D eigenvalue weighted by molar-refractivity contribution is -0.870. The zero-order chi connectivity index (χ0) is 35.1. The molecule has 278 valence electrons. The van der Waals surface area contributed by atoms with Crippen molar-refractivity contribution in [3.63, 3.8) is 0 Å². The average Bonchev–Trinajstić information content (AvgIpc) is 3.01. The van der Waals surface area contributed by atoms with Gasteiger partial charge in [-0.15, -0.1) is 0 Å². The van der Waals surface area contributed by atoms with Crippen LogP contribution >= 0.6 is 7.82 Å². The fourth-order valence-corrected chi connectivity index (χ4v) is 5.73. The van der Waals surface area contributed by atoms with Gasteiger partial charge >= 0.3 is 11.9 Å². The Morgan fingerprint density at radius 1 is 0.638 bits per heavy atom. The minimum Gasteiger partial charge on any atom is -0.756 e. The molecule has 9 nitrogen and oxygen atoms in total. The molecule has 0 saturated heterocycles. The molecule has 10 heteroatoms. The van der Waals surface area contributed by atoms with Gasteiger partial charge in [0.2, 0.25) is 0 Å². The quantitative estimate of drug-likeness (QED) is 0.0216. The Bertz CT molecular complexity index is 830. The second kappa shape index (κ2) is 30.8. The smallest absolute Gasteiger partial charge is 0.306 e. The Kier molecular flexibility index (Phi) is 30.0. The number of allylic oxidation sites excluding steroid dienone is 2. The molecule has 0 aromatic heterocycles. The van der Waals surface area contributed by atoms with E-state index < -0.39 is 32.5 Å². The second-order valence-corrected chi connectivity index (χ2v) is 15.4. The van der Waals surface area contributed by atoms with Crippen LogP contribution in [0, 0.1) is 0 Å². The highest BCUT2D eigenvalue weighted by Gasteiger charge is 2.21. The first kappa shape index (κ1) is 45.8. The van der Waals surface area contributed by atoms with Gasteiger partial charge in [-0.1, -0.05) is 122 Å². The highest BCUT2D eigenvalue weighted by Crippen LogP contribution is 2.38. The number of rotatable bonds is 34. The molecule has 0 radical (unpaired) electrons. The molecule has 1 unspecified atom stereocenters. The van der Waals surface area contributed by atoms with E-state index >= 15 is 0 Å². The van der Waals surface area contributed by atoms with Crippen LogP contribution in [0.25, 0.3) is 0 Å². The summed E-state index contributed by atoms with van der Waals surface area (Å²) in [5.74, 6) is -0.855. The number of quaternary nitrogens is 1. The van der Waals surface area contributed by atoms with Crippen molar-refractivity contribution >= 4 is 19.8 Å². The molecule has 0 saturated carbocycles. The van der Waals surface area contributed by atoms with Gasteiger partial charge in [0, 0.05) is 12.8 Å². The molecule has 0 aliphatic rings. The molecule has 0 aliphatic carbocycles. The molecule has 0 N–H and O–H groups in total. The number of unbranched alkanes of at least 4 members (excludes halogenated alkanes) is 18. The van der Waals surface area contributed by atoms with E-state index in [-0.39, 0.29) is 26.1 Å². The predicted octanol–water partition coefficient (Wildman–Crippen LogP) is 9.22. The first-order chi connectivity index (χ1) is 22.5. The molecule has 0 aliphatic heterocycles. The van der Waals surface area contributed by atoms with E-state index in [4.69, 9.17) is 18.5 Å². The van der Waals surface area contributed by atoms with Crippen LogP contribution < -0.4 is 4.89 Å². The van der Waals surface area contributed by atoms with Crippen LogP contribution in [0.1, 0.15) is 162 Å². The Balaban J connectivity index is 4.43. The number of esters is 2. The molecule has 0 bridgehead atoms. The third-order valence-electron chi connectivity index (χ3n) is 8.04. The van der Waals surface area contributed by atoms with Crippen molar-refractivity contribution in [2.24, 2.45) is 0 Å². The van der Waals surface area contributed by atoms with Crippen LogP contribution in [0.5, 0.6) is 0 Å². The summed E-state index contributed by atoms with van der Waals surface area (Å²) in [5, 5.41) is 0. The van der Waals surface area contributed by atoms with Crippen molar-refractivity contribution in [3.05, 3.63) is 12.2 Å². The van der Waals surface area contributed by atoms with E-state index in [1.54, 1.807) is 0 Å². The summed E-state index contributed by atoms with van der Waals surface area (Å²) in [7, 11) is 1.16. The third kappa shape index (κ3) is 34.4. The summed E-state index contributed by atoms with van der Waals surface area (Å²) in [6.45, 7) is 4.16. The third-order valence-corrected chi connectivity index (χ3v) is 9.00. The van der Waals surface area contributed by atoms with Crippen LogP contribution in [-0.4, -0.2) is 70.0 Å². The molecular weight excluding hydrogens is 617 g/mol. The number of hydrogen-bond acceptors (Lipinski definition) is 8. The molecule has 47 heavy (non-hydrogen) atoms. The second-order valence-electron chi connectivity index (χ2n) is 13.9. The van der Waals surface area contributed by atoms with Crippen LogP contribution in [0.3, 0.4) is 0 Å². The van der Waals surface area contributed by atoms with E-state index in [2.05, 4.69) is 26.0 Å². The number of hydrogen-bond donors (Lipinski definition) is 0. The number of carbonyl (C=O) groups is 2. The topological polar surface area (TPSA) is 111 Å². The van der Waals surface area contributed by atoms with Gasteiger partial charge in [0.1, 0.15) is 19.8 Å². The van der Waals surface area contributed by atoms with Crippen LogP contribution in [0.2, 0.25) is 0 Å². The van der Waals surface area contributed by atoms with Gasteiger partial charge in [-0.05, 0) is 38.5 Å². The molecule has 2 atom stereocenters. The number of likely N-dealkylation sites (N-methyl/N-ethyl adjacent to an activating group) is 1. The van der Waals surface area contributed by atoms with E-state index in [9.17, 15) is 19.0 Å². The average molecular weight is 690 g/mol. The standard InChI is InChI=1S/C37H72NO8P/c1-6-8-10-12-14-16-17-18-19-20-21-22-24-26-28-30-37(40)46-35(34-45-47(41,42)44-32-31-38(3,4)5)33-43-36(39)29-27-25-23-15-13-11-9-7-2/h20-21,35H,6-19,22-34H2,1-5H3/b21-20+/t35-/m1/s1. The first-order valence-corrected chi connectivity index (χ1v) is 20.4. The van der Waals surface area contributed by atoms with E-state index in [1.807, 2.05) is 21.1 Å². The van der Waals surface area contributed by atoms with Gasteiger partial charge in [0.25, 0.3) is 7.82 Å². The van der Waals surface area contributed by atoms with E-state index in [1.165, 1.54) is 83.5 Å². The lowest BCUT2D eigenvalue weighted by Crippen LogP contribution is -2.37. The largest absolute Gasteiger partial charge is 0.756 e. The summed E-state index contributed by atoms with van der Waals surface area (Å²) in [6, 6.07) is 0. The molecule has 0 fully saturated rings. The van der Waals surface area contributed by atoms with Crippen molar-refractivity contribution < 1.29 is 42.1 Å². The lowest BCUT2D eigenvalue weighted by atomic mass is 10.1. The van der Waals surface area contributed by atoms with Gasteiger partial charge in [-0.2, -0.15) is 0 Å². The number of carbonyl (C=O) groups excluding carboxylic acids is 2. The summed E-state index contributed by atoms with van der Waals surface area (Å²) >= 11 is 0. The molecule has 0 rings (SSSR count). The zero-order valence-electron chi connectivity index (χ0n) is 31.0. The van der Waals surface area contributed by atoms with Gasteiger partial charge in [-0.25, -0.2) is 0 Å². The molecule has 0 aromatic carbocycles. The molecular formula is C37H72NO8P. The Hall–Kier alpha value is -1.25. The maximum atomic E-state index is 12.6. The number of nitrogens with zero attached hydrogens (tertiary/aromatic N) is 1. The number of phosphoric ester groups is 1. The van der Waals surface area contributed by atoms with Crippen LogP contribution in [-0.2, 0) is 32.7 Å². The maximum absolute atomic E-state index is 12.6. The van der Waals surface area contributed by atoms with Crippen molar-refractivity contribution in [3.8, 4) is 0 Å². The highest BCUT2D eigenvalue weighted by molar-refractivity contribution is 7.45. The maximum Gasteiger partial charge on any atom is 0.306 e. The SMILES string of the molecule is CCCCCCCCCC/C=C/CCCCCC(=O)O[C@H](COC(=O)CCCCCCCCCC)COP(=O)([O-])OCC[N+](C)(C)C. The fourth-order valence-electron chi connectivity index (χ4n) is 5.00. The van der Waals surface area contributed by atoms with Gasteiger partial charge < -0.3 is 27.9 Å². The van der Waals surface area contributed by atoms with Crippen molar-refractivity contribution in [1.29, 1.82) is 0 Å². The Labute approximate surface area is 288 Å². The van der Waals surface area contributed by atoms with E-state index in [0.717, 1.165) is 44.9 Å². The predicted molar refractivity (Wildman–Crippen MR) is 190 cm³/mol. The van der Waals surface area contributed by atoms with Crippen LogP contribution in [0.4, 0.5) is 0 Å². The van der Waals surface area contributed by atoms with Gasteiger partial charge in [0.05, 0.1) is 27.7 Å². The molecule has 0 amide bonds. The fraction of sp³-hybridized carbons (Fsp3) is 0.892. The lowest BCUT2D eigenvalue weighted by Gasteiger charge is -2.28. The molecule has 0 aromatic rings. The number of phosphoric acid groups is 1. The summed E-state index contributed by atoms with van der Waals surface area (Å²) in [5.41, 5.74) is 0. The Morgan fingerprint density at radius 3 is 1.60 bits per heavy atom. The van der Waals surface area contributed by atoms with Crippen molar-refractivity contribution in [1.82, 2.24) is 0 Å². The normalized spacial score (nSPS) is 13.9. The van der Waals surface area contributed by atoms with Crippen molar-refractivity contribution in [2.45, 2.75) is 168 Å². The zero-order valence-corrected chi connectivity index (χ0v) is 31.9. The highest BCUT2D eigenvalue weighted by atomic mass is 31.2. The monoisotopic (exact) mass is 689 g/mol. The van der Waals surface area contributed by atoms with Gasteiger partial charge in [0.15, 0.2) is 6.10 Å². The van der Waals surface area contributed by atoms with Gasteiger partial charge in [-0.3, -0.25) is 14.2 Å². The minimum absolute atomic E-state index is 0.0310. The Morgan fingerprint density at radius 2 is 1.09 bits per heavy atom. The number of ether oxygens (including phenoxy) is 2. The first-order valence-electron chi connectivity index (χ1n) is 18.9. The van der Waals surface area contributed by atoms with E-state index in [0.29, 0.717) is 17.4 Å². The molecule has 0 spiro atoms. The summed E-state index contributed by atoms with van der Waals surface area (Å²) in [6.07, 6.45) is 28.2. The molecule has 0 heterocycles. The van der Waals surface area contributed by atoms with Crippen LogP contribution in [0.15, 0.2) is 12.2 Å². The summed E-state index contributed by atoms with van der Waals surface area (Å²) < 4.78 is 33.6. The minimum atomic E-state index is -4.61. The summed E-state index contributed by atoms with van der Waals surface area (Å²) in [4.78, 5) is 37.2. The van der Waals surface area contributed by atoms with Crippen molar-refractivity contribution in [2.75, 3.05) is 47.5 Å².